The number of aliphatic hydroxyl groups is 1. The van der Waals surface area contributed by atoms with E-state index in [1.165, 1.54) is 0 Å². The van der Waals surface area contributed by atoms with Crippen LogP contribution in [0.2, 0.25) is 0 Å². The molecule has 1 N–H and O–H groups in total. The van der Waals surface area contributed by atoms with Crippen LogP contribution in [0.5, 0.6) is 0 Å². The smallest absolute Gasteiger partial charge is 0.136 e. The highest BCUT2D eigenvalue weighted by Gasteiger charge is 2.34. The maximum Gasteiger partial charge on any atom is 0.136 e. The predicted octanol–water partition coefficient (Wildman–Crippen LogP) is 2.64. The molecule has 2 unspecified atom stereocenters. The SMILES string of the molecule is CCC1C=CC(CO)=C(F)C1N1CCN(c2ccc3nccn3c2)CC1. The molecule has 0 saturated carbocycles. The van der Waals surface area contributed by atoms with Crippen molar-refractivity contribution in [3.63, 3.8) is 0 Å². The van der Waals surface area contributed by atoms with Crippen LogP contribution in [0.15, 0.2) is 54.3 Å². The van der Waals surface area contributed by atoms with Crippen molar-refractivity contribution in [3.8, 4) is 0 Å². The van der Waals surface area contributed by atoms with Crippen LogP contribution in [0.4, 0.5) is 10.1 Å². The third-order valence-electron chi connectivity index (χ3n) is 5.60. The van der Waals surface area contributed by atoms with Crippen molar-refractivity contribution in [2.45, 2.75) is 19.4 Å². The van der Waals surface area contributed by atoms with Gasteiger partial charge in [0.25, 0.3) is 0 Å². The number of hydrogen-bond acceptors (Lipinski definition) is 4. The van der Waals surface area contributed by atoms with E-state index in [0.29, 0.717) is 5.57 Å². The summed E-state index contributed by atoms with van der Waals surface area (Å²) in [5.74, 6) is 0.00860. The minimum absolute atomic E-state index is 0.157. The molecule has 1 fully saturated rings. The number of aromatic nitrogens is 2. The molecule has 26 heavy (non-hydrogen) atoms. The number of halogens is 1. The molecule has 2 atom stereocenters. The summed E-state index contributed by atoms with van der Waals surface area (Å²) in [7, 11) is 0. The first kappa shape index (κ1) is 17.2. The average molecular weight is 356 g/mol. The van der Waals surface area contributed by atoms with Gasteiger partial charge in [0, 0.05) is 50.3 Å². The molecule has 2 aromatic rings. The first-order valence-corrected chi connectivity index (χ1v) is 9.30. The molecule has 1 aliphatic carbocycles. The quantitative estimate of drug-likeness (QED) is 0.915. The van der Waals surface area contributed by atoms with Crippen LogP contribution in [-0.4, -0.2) is 58.2 Å². The molecule has 2 aromatic heterocycles. The van der Waals surface area contributed by atoms with E-state index in [-0.39, 0.29) is 24.4 Å². The summed E-state index contributed by atoms with van der Waals surface area (Å²) < 4.78 is 16.9. The van der Waals surface area contributed by atoms with Crippen LogP contribution in [0.25, 0.3) is 5.65 Å². The molecule has 5 nitrogen and oxygen atoms in total. The van der Waals surface area contributed by atoms with Gasteiger partial charge in [0.05, 0.1) is 18.3 Å². The second-order valence-corrected chi connectivity index (χ2v) is 7.01. The van der Waals surface area contributed by atoms with Gasteiger partial charge < -0.3 is 14.4 Å². The highest BCUT2D eigenvalue weighted by atomic mass is 19.1. The normalized spacial score (nSPS) is 24.7. The van der Waals surface area contributed by atoms with Crippen molar-refractivity contribution < 1.29 is 9.50 Å². The summed E-state index contributed by atoms with van der Waals surface area (Å²) in [4.78, 5) is 8.85. The third kappa shape index (κ3) is 3.04. The van der Waals surface area contributed by atoms with Crippen molar-refractivity contribution >= 4 is 11.3 Å². The Morgan fingerprint density at radius 1 is 1.23 bits per heavy atom. The standard InChI is InChI=1S/C20H25FN4O/c1-2-15-3-4-16(14-26)19(21)20(15)24-11-9-23(10-12-24)17-5-6-18-22-7-8-25(18)13-17/h3-8,13,15,20,26H,2,9-12,14H2,1H3. The van der Waals surface area contributed by atoms with E-state index < -0.39 is 0 Å². The van der Waals surface area contributed by atoms with Crippen molar-refractivity contribution in [2.24, 2.45) is 5.92 Å². The number of piperazine rings is 1. The molecule has 4 rings (SSSR count). The van der Waals surface area contributed by atoms with Crippen LogP contribution in [-0.2, 0) is 0 Å². The molecule has 6 heteroatoms. The second kappa shape index (κ2) is 7.21. The lowest BCUT2D eigenvalue weighted by atomic mass is 9.87. The maximum atomic E-state index is 14.9. The predicted molar refractivity (Wildman–Crippen MR) is 101 cm³/mol. The van der Waals surface area contributed by atoms with Gasteiger partial charge in [-0.2, -0.15) is 0 Å². The molecule has 0 amide bonds. The van der Waals surface area contributed by atoms with E-state index in [9.17, 15) is 9.50 Å². The van der Waals surface area contributed by atoms with Crippen LogP contribution < -0.4 is 4.90 Å². The van der Waals surface area contributed by atoms with Crippen molar-refractivity contribution in [3.05, 3.63) is 54.3 Å². The van der Waals surface area contributed by atoms with Crippen LogP contribution in [0, 0.1) is 5.92 Å². The zero-order chi connectivity index (χ0) is 18.1. The molecule has 2 aliphatic rings. The van der Waals surface area contributed by atoms with Gasteiger partial charge in [-0.05, 0) is 24.5 Å². The van der Waals surface area contributed by atoms with Gasteiger partial charge in [0.2, 0.25) is 0 Å². The highest BCUT2D eigenvalue weighted by Crippen LogP contribution is 2.32. The lowest BCUT2D eigenvalue weighted by Gasteiger charge is -2.43. The minimum Gasteiger partial charge on any atom is -0.392 e. The number of fused-ring (bicyclic) bond motifs is 1. The largest absolute Gasteiger partial charge is 0.392 e. The van der Waals surface area contributed by atoms with Crippen LogP contribution in [0.1, 0.15) is 13.3 Å². The molecule has 138 valence electrons. The fourth-order valence-electron chi connectivity index (χ4n) is 4.07. The van der Waals surface area contributed by atoms with Gasteiger partial charge in [0.1, 0.15) is 11.5 Å². The number of pyridine rings is 1. The number of nitrogens with zero attached hydrogens (tertiary/aromatic N) is 4. The Morgan fingerprint density at radius 2 is 2.04 bits per heavy atom. The van der Waals surface area contributed by atoms with E-state index >= 15 is 0 Å². The lowest BCUT2D eigenvalue weighted by molar-refractivity contribution is 0.148. The minimum atomic E-state index is -0.245. The number of aliphatic hydroxyl groups excluding tert-OH is 1. The molecule has 0 aromatic carbocycles. The molecule has 1 saturated heterocycles. The number of anilines is 1. The molecular formula is C20H25FN4O. The Labute approximate surface area is 153 Å². The summed E-state index contributed by atoms with van der Waals surface area (Å²) in [6.07, 6.45) is 10.5. The highest BCUT2D eigenvalue weighted by molar-refractivity contribution is 5.52. The van der Waals surface area contributed by atoms with Gasteiger partial charge >= 0.3 is 0 Å². The first-order chi connectivity index (χ1) is 12.7. The van der Waals surface area contributed by atoms with E-state index in [4.69, 9.17) is 0 Å². The molecule has 0 radical (unpaired) electrons. The molecule has 0 bridgehead atoms. The molecule has 3 heterocycles. The zero-order valence-corrected chi connectivity index (χ0v) is 15.1. The van der Waals surface area contributed by atoms with E-state index in [0.717, 1.165) is 43.9 Å². The third-order valence-corrected chi connectivity index (χ3v) is 5.60. The van der Waals surface area contributed by atoms with E-state index in [1.54, 1.807) is 12.3 Å². The summed E-state index contributed by atoms with van der Waals surface area (Å²) in [5, 5.41) is 9.41. The van der Waals surface area contributed by atoms with Crippen molar-refractivity contribution in [1.82, 2.24) is 14.3 Å². The Bertz CT molecular complexity index is 835. The topological polar surface area (TPSA) is 44.0 Å². The second-order valence-electron chi connectivity index (χ2n) is 7.01. The summed E-state index contributed by atoms with van der Waals surface area (Å²) in [6.45, 7) is 5.19. The summed E-state index contributed by atoms with van der Waals surface area (Å²) >= 11 is 0. The van der Waals surface area contributed by atoms with Gasteiger partial charge in [-0.1, -0.05) is 19.1 Å². The number of hydrogen-bond donors (Lipinski definition) is 1. The monoisotopic (exact) mass is 356 g/mol. The Morgan fingerprint density at radius 3 is 2.77 bits per heavy atom. The maximum absolute atomic E-state index is 14.9. The Balaban J connectivity index is 1.48. The van der Waals surface area contributed by atoms with Gasteiger partial charge in [-0.15, -0.1) is 0 Å². The summed E-state index contributed by atoms with van der Waals surface area (Å²) in [6, 6.07) is 3.88. The van der Waals surface area contributed by atoms with Crippen LogP contribution in [0.3, 0.4) is 0 Å². The van der Waals surface area contributed by atoms with E-state index in [1.807, 2.05) is 16.7 Å². The van der Waals surface area contributed by atoms with E-state index in [2.05, 4.69) is 40.0 Å². The average Bonchev–Trinajstić information content (AvgIpc) is 3.15. The molecule has 1 aliphatic heterocycles. The van der Waals surface area contributed by atoms with Crippen molar-refractivity contribution in [2.75, 3.05) is 37.7 Å². The molecular weight excluding hydrogens is 331 g/mol. The number of imidazole rings is 1. The fraction of sp³-hybridized carbons (Fsp3) is 0.450. The lowest BCUT2D eigenvalue weighted by Crippen LogP contribution is -2.53. The van der Waals surface area contributed by atoms with Crippen LogP contribution >= 0.6 is 0 Å². The van der Waals surface area contributed by atoms with Gasteiger partial charge in [-0.3, -0.25) is 4.90 Å². The fourth-order valence-corrected chi connectivity index (χ4v) is 4.07. The Hall–Kier alpha value is -2.18. The van der Waals surface area contributed by atoms with Gasteiger partial charge in [0.15, 0.2) is 0 Å². The van der Waals surface area contributed by atoms with Gasteiger partial charge in [-0.25, -0.2) is 9.37 Å². The zero-order valence-electron chi connectivity index (χ0n) is 15.1. The molecule has 0 spiro atoms. The number of rotatable bonds is 4. The first-order valence-electron chi connectivity index (χ1n) is 9.30. The Kier molecular flexibility index (Phi) is 4.78. The summed E-state index contributed by atoms with van der Waals surface area (Å²) in [5.41, 5.74) is 2.53. The van der Waals surface area contributed by atoms with Crippen molar-refractivity contribution in [1.29, 1.82) is 0 Å².